The van der Waals surface area contributed by atoms with E-state index in [1.165, 1.54) is 0 Å². The summed E-state index contributed by atoms with van der Waals surface area (Å²) in [5.41, 5.74) is 2.98. The number of pyridine rings is 1. The Morgan fingerprint density at radius 2 is 1.88 bits per heavy atom. The third-order valence-corrected chi connectivity index (χ3v) is 2.62. The first kappa shape index (κ1) is 10.8. The minimum absolute atomic E-state index is 0.469. The van der Waals surface area contributed by atoms with Gasteiger partial charge in [0.2, 0.25) is 0 Å². The Balaban J connectivity index is 2.36. The summed E-state index contributed by atoms with van der Waals surface area (Å²) in [6.45, 7) is 1.95. The molecule has 2 nitrogen and oxygen atoms in total. The molecular weight excluding hydrogens is 198 g/mol. The zero-order valence-corrected chi connectivity index (χ0v) is 9.30. The maximum absolute atomic E-state index is 9.74. The number of hydrogen-bond donors (Lipinski definition) is 1. The van der Waals surface area contributed by atoms with Crippen LogP contribution in [0, 0.1) is 0 Å². The van der Waals surface area contributed by atoms with Crippen molar-refractivity contribution in [3.05, 3.63) is 54.4 Å². The maximum atomic E-state index is 9.74. The Morgan fingerprint density at radius 1 is 1.12 bits per heavy atom. The van der Waals surface area contributed by atoms with Crippen molar-refractivity contribution in [2.75, 3.05) is 0 Å². The monoisotopic (exact) mass is 213 g/mol. The molecule has 0 aliphatic heterocycles. The maximum Gasteiger partial charge on any atom is 0.0957 e. The SMILES string of the molecule is CCC(O)c1cc(-c2ccccc2)ccn1. The second kappa shape index (κ2) is 4.90. The molecule has 0 amide bonds. The molecule has 1 aromatic carbocycles. The zero-order valence-electron chi connectivity index (χ0n) is 9.30. The molecule has 0 aliphatic rings. The number of aromatic nitrogens is 1. The molecule has 82 valence electrons. The first-order valence-corrected chi connectivity index (χ1v) is 5.50. The molecule has 0 fully saturated rings. The smallest absolute Gasteiger partial charge is 0.0957 e. The van der Waals surface area contributed by atoms with Crippen molar-refractivity contribution in [3.8, 4) is 11.1 Å². The Labute approximate surface area is 95.6 Å². The van der Waals surface area contributed by atoms with Crippen molar-refractivity contribution in [2.24, 2.45) is 0 Å². The van der Waals surface area contributed by atoms with Gasteiger partial charge < -0.3 is 5.11 Å². The van der Waals surface area contributed by atoms with Crippen LogP contribution in [0.15, 0.2) is 48.7 Å². The van der Waals surface area contributed by atoms with Gasteiger partial charge in [0.05, 0.1) is 11.8 Å². The molecule has 0 radical (unpaired) electrons. The van der Waals surface area contributed by atoms with Crippen molar-refractivity contribution in [1.29, 1.82) is 0 Å². The molecule has 1 heterocycles. The molecule has 0 spiro atoms. The first-order valence-electron chi connectivity index (χ1n) is 5.50. The number of nitrogens with zero attached hydrogens (tertiary/aromatic N) is 1. The molecule has 0 saturated heterocycles. The second-order valence-corrected chi connectivity index (χ2v) is 3.76. The predicted molar refractivity (Wildman–Crippen MR) is 64.9 cm³/mol. The summed E-state index contributed by atoms with van der Waals surface area (Å²) in [4.78, 5) is 4.19. The normalized spacial score (nSPS) is 12.4. The number of rotatable bonds is 3. The molecular formula is C14H15NO. The van der Waals surface area contributed by atoms with E-state index in [0.29, 0.717) is 6.42 Å². The quantitative estimate of drug-likeness (QED) is 0.849. The van der Waals surface area contributed by atoms with Crippen LogP contribution in [0.25, 0.3) is 11.1 Å². The lowest BCUT2D eigenvalue weighted by Gasteiger charge is -2.08. The molecule has 2 aromatic rings. The zero-order chi connectivity index (χ0) is 11.4. The van der Waals surface area contributed by atoms with Gasteiger partial charge in [-0.2, -0.15) is 0 Å². The highest BCUT2D eigenvalue weighted by molar-refractivity contribution is 5.63. The summed E-state index contributed by atoms with van der Waals surface area (Å²) < 4.78 is 0. The minimum Gasteiger partial charge on any atom is -0.387 e. The lowest BCUT2D eigenvalue weighted by Crippen LogP contribution is -1.98. The van der Waals surface area contributed by atoms with E-state index in [2.05, 4.69) is 17.1 Å². The van der Waals surface area contributed by atoms with Crippen LogP contribution < -0.4 is 0 Å². The van der Waals surface area contributed by atoms with E-state index < -0.39 is 6.10 Å². The molecule has 0 aliphatic carbocycles. The summed E-state index contributed by atoms with van der Waals surface area (Å²) in [5, 5.41) is 9.74. The third kappa shape index (κ3) is 2.28. The van der Waals surface area contributed by atoms with Gasteiger partial charge in [0.15, 0.2) is 0 Å². The second-order valence-electron chi connectivity index (χ2n) is 3.76. The Hall–Kier alpha value is -1.67. The minimum atomic E-state index is -0.469. The fourth-order valence-corrected chi connectivity index (χ4v) is 1.65. The van der Waals surface area contributed by atoms with Crippen molar-refractivity contribution in [3.63, 3.8) is 0 Å². The van der Waals surface area contributed by atoms with Gasteiger partial charge in [0.1, 0.15) is 0 Å². The van der Waals surface area contributed by atoms with Crippen LogP contribution in [0.5, 0.6) is 0 Å². The van der Waals surface area contributed by atoms with Crippen molar-refractivity contribution in [2.45, 2.75) is 19.4 Å². The lowest BCUT2D eigenvalue weighted by atomic mass is 10.0. The molecule has 1 aromatic heterocycles. The van der Waals surface area contributed by atoms with Crippen molar-refractivity contribution < 1.29 is 5.11 Å². The van der Waals surface area contributed by atoms with E-state index in [1.807, 2.05) is 37.3 Å². The van der Waals surface area contributed by atoms with Gasteiger partial charge in [-0.25, -0.2) is 0 Å². The van der Waals surface area contributed by atoms with E-state index in [0.717, 1.165) is 16.8 Å². The van der Waals surface area contributed by atoms with Gasteiger partial charge in [-0.1, -0.05) is 37.3 Å². The summed E-state index contributed by atoms with van der Waals surface area (Å²) in [5.74, 6) is 0. The van der Waals surface area contributed by atoms with Crippen LogP contribution in [-0.2, 0) is 0 Å². The van der Waals surface area contributed by atoms with E-state index in [4.69, 9.17) is 0 Å². The molecule has 16 heavy (non-hydrogen) atoms. The highest BCUT2D eigenvalue weighted by Crippen LogP contribution is 2.22. The standard InChI is InChI=1S/C14H15NO/c1-2-14(16)13-10-12(8-9-15-13)11-6-4-3-5-7-11/h3-10,14,16H,2H2,1H3. The van der Waals surface area contributed by atoms with Crippen LogP contribution in [0.2, 0.25) is 0 Å². The van der Waals surface area contributed by atoms with E-state index in [1.54, 1.807) is 6.20 Å². The predicted octanol–water partition coefficient (Wildman–Crippen LogP) is 3.19. The molecule has 2 heteroatoms. The van der Waals surface area contributed by atoms with Gasteiger partial charge >= 0.3 is 0 Å². The number of hydrogen-bond acceptors (Lipinski definition) is 2. The average molecular weight is 213 g/mol. The number of benzene rings is 1. The molecule has 1 atom stereocenters. The first-order chi connectivity index (χ1) is 7.81. The van der Waals surface area contributed by atoms with Gasteiger partial charge in [0.25, 0.3) is 0 Å². The summed E-state index contributed by atoms with van der Waals surface area (Å²) in [6.07, 6.45) is 1.96. The summed E-state index contributed by atoms with van der Waals surface area (Å²) >= 11 is 0. The summed E-state index contributed by atoms with van der Waals surface area (Å²) in [7, 11) is 0. The van der Waals surface area contributed by atoms with E-state index >= 15 is 0 Å². The van der Waals surface area contributed by atoms with Gasteiger partial charge in [-0.3, -0.25) is 4.98 Å². The van der Waals surface area contributed by atoms with Gasteiger partial charge in [0, 0.05) is 6.20 Å². The van der Waals surface area contributed by atoms with Gasteiger partial charge in [-0.05, 0) is 29.7 Å². The summed E-state index contributed by atoms with van der Waals surface area (Å²) in [6, 6.07) is 14.0. The fourth-order valence-electron chi connectivity index (χ4n) is 1.65. The highest BCUT2D eigenvalue weighted by atomic mass is 16.3. The number of aliphatic hydroxyl groups excluding tert-OH is 1. The van der Waals surface area contributed by atoms with Crippen molar-refractivity contribution >= 4 is 0 Å². The van der Waals surface area contributed by atoms with Crippen molar-refractivity contribution in [1.82, 2.24) is 4.98 Å². The largest absolute Gasteiger partial charge is 0.387 e. The molecule has 0 bridgehead atoms. The molecule has 1 N–H and O–H groups in total. The highest BCUT2D eigenvalue weighted by Gasteiger charge is 2.07. The van der Waals surface area contributed by atoms with Crippen LogP contribution >= 0.6 is 0 Å². The van der Waals surface area contributed by atoms with Gasteiger partial charge in [-0.15, -0.1) is 0 Å². The van der Waals surface area contributed by atoms with E-state index in [9.17, 15) is 5.11 Å². The average Bonchev–Trinajstić information content (AvgIpc) is 2.39. The molecule has 0 saturated carbocycles. The van der Waals surface area contributed by atoms with Crippen LogP contribution in [0.3, 0.4) is 0 Å². The third-order valence-electron chi connectivity index (χ3n) is 2.62. The van der Waals surface area contributed by atoms with Crippen LogP contribution in [-0.4, -0.2) is 10.1 Å². The van der Waals surface area contributed by atoms with E-state index in [-0.39, 0.29) is 0 Å². The van der Waals surface area contributed by atoms with Crippen LogP contribution in [0.1, 0.15) is 25.1 Å². The Morgan fingerprint density at radius 3 is 2.56 bits per heavy atom. The van der Waals surface area contributed by atoms with Crippen LogP contribution in [0.4, 0.5) is 0 Å². The lowest BCUT2D eigenvalue weighted by molar-refractivity contribution is 0.169. The molecule has 1 unspecified atom stereocenters. The number of aliphatic hydroxyl groups is 1. The topological polar surface area (TPSA) is 33.1 Å². The molecule has 2 rings (SSSR count). The Bertz CT molecular complexity index is 453. The Kier molecular flexibility index (Phi) is 3.32. The fraction of sp³-hybridized carbons (Fsp3) is 0.214.